The Balaban J connectivity index is 2.64. The Labute approximate surface area is 125 Å². The van der Waals surface area contributed by atoms with E-state index in [0.717, 1.165) is 4.31 Å². The van der Waals surface area contributed by atoms with Crippen LogP contribution in [0.4, 0.5) is 0 Å². The summed E-state index contributed by atoms with van der Waals surface area (Å²) in [6.07, 6.45) is 0. The van der Waals surface area contributed by atoms with E-state index >= 15 is 0 Å². The van der Waals surface area contributed by atoms with Crippen LogP contribution in [-0.2, 0) is 10.0 Å². The molecule has 0 aromatic heterocycles. The van der Waals surface area contributed by atoms with E-state index in [2.05, 4.69) is 17.2 Å². The smallest absolute Gasteiger partial charge is 0.251 e. The van der Waals surface area contributed by atoms with Gasteiger partial charge in [-0.3, -0.25) is 4.79 Å². The van der Waals surface area contributed by atoms with E-state index in [-0.39, 0.29) is 24.7 Å². The number of rotatable bonds is 5. The molecule has 21 heavy (non-hydrogen) atoms. The topological polar surface area (TPSA) is 92.5 Å². The van der Waals surface area contributed by atoms with Crippen LogP contribution in [0.15, 0.2) is 24.3 Å². The van der Waals surface area contributed by atoms with Crippen molar-refractivity contribution in [2.45, 2.75) is 0 Å². The van der Waals surface area contributed by atoms with Gasteiger partial charge in [-0.1, -0.05) is 17.9 Å². The van der Waals surface area contributed by atoms with Crippen LogP contribution in [0.1, 0.15) is 15.9 Å². The molecule has 114 valence electrons. The number of nitrogens with zero attached hydrogens (tertiary/aromatic N) is 1. The summed E-state index contributed by atoms with van der Waals surface area (Å²) < 4.78 is 24.3. The minimum absolute atomic E-state index is 0.0536. The monoisotopic (exact) mass is 309 g/mol. The lowest BCUT2D eigenvalue weighted by Gasteiger charge is -2.11. The predicted octanol–water partition coefficient (Wildman–Crippen LogP) is -0.382. The summed E-state index contributed by atoms with van der Waals surface area (Å²) in [5, 5.41) is 2.58. The lowest BCUT2D eigenvalue weighted by Crippen LogP contribution is -2.33. The minimum atomic E-state index is -3.31. The summed E-state index contributed by atoms with van der Waals surface area (Å²) in [5.41, 5.74) is 6.41. The van der Waals surface area contributed by atoms with Crippen LogP contribution in [-0.4, -0.2) is 51.6 Å². The Bertz CT molecular complexity index is 658. The van der Waals surface area contributed by atoms with Crippen molar-refractivity contribution in [3.8, 4) is 11.8 Å². The second-order valence-electron chi connectivity index (χ2n) is 4.44. The molecule has 0 spiro atoms. The van der Waals surface area contributed by atoms with E-state index in [1.54, 1.807) is 24.3 Å². The fourth-order valence-corrected chi connectivity index (χ4v) is 2.19. The lowest BCUT2D eigenvalue weighted by atomic mass is 10.1. The van der Waals surface area contributed by atoms with E-state index in [0.29, 0.717) is 11.1 Å². The number of nitrogens with two attached hydrogens (primary N) is 1. The normalized spacial score (nSPS) is 10.9. The Kier molecular flexibility index (Phi) is 6.37. The van der Waals surface area contributed by atoms with Gasteiger partial charge in [-0.2, -0.15) is 0 Å². The average Bonchev–Trinajstić information content (AvgIpc) is 2.45. The van der Waals surface area contributed by atoms with Crippen LogP contribution in [0.2, 0.25) is 0 Å². The van der Waals surface area contributed by atoms with Crippen molar-refractivity contribution in [3.63, 3.8) is 0 Å². The number of carbonyl (C=O) groups excluding carboxylic acids is 1. The third-order valence-corrected chi connectivity index (χ3v) is 4.49. The Morgan fingerprint density at radius 1 is 1.38 bits per heavy atom. The van der Waals surface area contributed by atoms with Crippen molar-refractivity contribution >= 4 is 15.9 Å². The zero-order valence-corrected chi connectivity index (χ0v) is 12.9. The van der Waals surface area contributed by atoms with Gasteiger partial charge in [0.25, 0.3) is 5.91 Å². The van der Waals surface area contributed by atoms with Crippen LogP contribution in [0, 0.1) is 11.8 Å². The molecule has 0 unspecified atom stereocenters. The van der Waals surface area contributed by atoms with Crippen molar-refractivity contribution in [3.05, 3.63) is 35.4 Å². The number of sulfonamides is 1. The molecule has 0 heterocycles. The quantitative estimate of drug-likeness (QED) is 0.725. The summed E-state index contributed by atoms with van der Waals surface area (Å²) in [6.45, 7) is 0.302. The first-order chi connectivity index (χ1) is 9.86. The molecule has 1 aromatic rings. The molecule has 0 saturated carbocycles. The molecule has 0 radical (unpaired) electrons. The van der Waals surface area contributed by atoms with E-state index < -0.39 is 10.0 Å². The molecule has 1 amide bonds. The van der Waals surface area contributed by atoms with Gasteiger partial charge in [-0.15, -0.1) is 0 Å². The van der Waals surface area contributed by atoms with Crippen LogP contribution in [0.5, 0.6) is 0 Å². The fraction of sp³-hybridized carbons (Fsp3) is 0.357. The van der Waals surface area contributed by atoms with Gasteiger partial charge in [0.2, 0.25) is 10.0 Å². The Morgan fingerprint density at radius 3 is 2.71 bits per heavy atom. The predicted molar refractivity (Wildman–Crippen MR) is 82.2 cm³/mol. The summed E-state index contributed by atoms with van der Waals surface area (Å²) in [6, 6.07) is 6.77. The van der Waals surface area contributed by atoms with Gasteiger partial charge < -0.3 is 11.1 Å². The van der Waals surface area contributed by atoms with Crippen LogP contribution in [0.3, 0.4) is 0 Å². The molecule has 6 nitrogen and oxygen atoms in total. The third kappa shape index (κ3) is 5.55. The maximum atomic E-state index is 11.9. The molecule has 0 fully saturated rings. The zero-order chi connectivity index (χ0) is 15.9. The molecule has 0 atom stereocenters. The van der Waals surface area contributed by atoms with Crippen LogP contribution < -0.4 is 11.1 Å². The minimum Gasteiger partial charge on any atom is -0.351 e. The molecule has 0 aliphatic carbocycles. The summed E-state index contributed by atoms with van der Waals surface area (Å²) in [5.74, 6) is 5.07. The largest absolute Gasteiger partial charge is 0.351 e. The highest BCUT2D eigenvalue weighted by Crippen LogP contribution is 2.04. The molecule has 0 bridgehead atoms. The van der Waals surface area contributed by atoms with E-state index in [9.17, 15) is 13.2 Å². The molecule has 0 saturated heterocycles. The van der Waals surface area contributed by atoms with Crippen molar-refractivity contribution in [2.24, 2.45) is 5.73 Å². The van der Waals surface area contributed by atoms with Crippen molar-refractivity contribution < 1.29 is 13.2 Å². The molecular weight excluding hydrogens is 290 g/mol. The van der Waals surface area contributed by atoms with Crippen molar-refractivity contribution in [1.29, 1.82) is 0 Å². The van der Waals surface area contributed by atoms with Crippen LogP contribution >= 0.6 is 0 Å². The van der Waals surface area contributed by atoms with Gasteiger partial charge in [-0.25, -0.2) is 12.7 Å². The van der Waals surface area contributed by atoms with Crippen molar-refractivity contribution in [1.82, 2.24) is 9.62 Å². The summed E-state index contributed by atoms with van der Waals surface area (Å²) >= 11 is 0. The maximum absolute atomic E-state index is 11.9. The lowest BCUT2D eigenvalue weighted by molar-refractivity contribution is 0.0956. The molecule has 7 heteroatoms. The van der Waals surface area contributed by atoms with Crippen LogP contribution in [0.25, 0.3) is 0 Å². The van der Waals surface area contributed by atoms with E-state index in [1.165, 1.54) is 14.1 Å². The number of amides is 1. The van der Waals surface area contributed by atoms with Gasteiger partial charge in [0.1, 0.15) is 0 Å². The number of carbonyl (C=O) groups is 1. The first kappa shape index (κ1) is 17.2. The van der Waals surface area contributed by atoms with Crippen molar-refractivity contribution in [2.75, 3.05) is 32.9 Å². The second-order valence-corrected chi connectivity index (χ2v) is 6.74. The Hall–Kier alpha value is -1.88. The van der Waals surface area contributed by atoms with Gasteiger partial charge in [0.05, 0.1) is 12.3 Å². The first-order valence-corrected chi connectivity index (χ1v) is 7.95. The maximum Gasteiger partial charge on any atom is 0.251 e. The van der Waals surface area contributed by atoms with E-state index in [4.69, 9.17) is 5.73 Å². The molecule has 1 aromatic carbocycles. The number of nitrogens with one attached hydrogen (secondary N) is 1. The molecule has 3 N–H and O–H groups in total. The van der Waals surface area contributed by atoms with Gasteiger partial charge in [0, 0.05) is 31.8 Å². The Morgan fingerprint density at radius 2 is 2.10 bits per heavy atom. The highest BCUT2D eigenvalue weighted by Gasteiger charge is 2.14. The molecular formula is C14H19N3O3S. The highest BCUT2D eigenvalue weighted by atomic mass is 32.2. The molecule has 1 rings (SSSR count). The SMILES string of the molecule is CN(C)S(=O)(=O)CCNC(=O)c1cccc(C#CCN)c1. The highest BCUT2D eigenvalue weighted by molar-refractivity contribution is 7.89. The summed E-state index contributed by atoms with van der Waals surface area (Å²) in [4.78, 5) is 11.9. The standard InChI is InChI=1S/C14H19N3O3S/c1-17(2)21(19,20)10-9-16-14(18)13-7-3-5-12(11-13)6-4-8-15/h3,5,7,11H,8-10,15H2,1-2H3,(H,16,18). The first-order valence-electron chi connectivity index (χ1n) is 6.34. The number of hydrogen-bond acceptors (Lipinski definition) is 4. The fourth-order valence-electron chi connectivity index (χ4n) is 1.47. The third-order valence-electron chi connectivity index (χ3n) is 2.66. The molecule has 0 aliphatic heterocycles. The summed E-state index contributed by atoms with van der Waals surface area (Å²) in [7, 11) is -0.404. The second kappa shape index (κ2) is 7.78. The number of benzene rings is 1. The van der Waals surface area contributed by atoms with E-state index in [1.807, 2.05) is 0 Å². The van der Waals surface area contributed by atoms with Gasteiger partial charge >= 0.3 is 0 Å². The average molecular weight is 309 g/mol. The van der Waals surface area contributed by atoms with Gasteiger partial charge in [-0.05, 0) is 18.2 Å². The van der Waals surface area contributed by atoms with Gasteiger partial charge in [0.15, 0.2) is 0 Å². The molecule has 0 aliphatic rings. The zero-order valence-electron chi connectivity index (χ0n) is 12.1. The number of hydrogen-bond donors (Lipinski definition) is 2.